The molecule has 1 aromatic carbocycles. The van der Waals surface area contributed by atoms with Crippen molar-refractivity contribution in [3.63, 3.8) is 0 Å². The number of guanidine groups is 1. The lowest BCUT2D eigenvalue weighted by Crippen LogP contribution is -2.38. The fourth-order valence-corrected chi connectivity index (χ4v) is 2.77. The van der Waals surface area contributed by atoms with Crippen LogP contribution in [-0.4, -0.2) is 43.9 Å². The molecule has 6 nitrogen and oxygen atoms in total. The molecule has 0 aliphatic rings. The molecule has 0 spiro atoms. The molecule has 1 heterocycles. The molecule has 2 aromatic rings. The Hall–Kier alpha value is -2.15. The van der Waals surface area contributed by atoms with Gasteiger partial charge in [0.25, 0.3) is 0 Å². The highest BCUT2D eigenvalue weighted by atomic mass is 35.5. The molecule has 0 aliphatic carbocycles. The van der Waals surface area contributed by atoms with E-state index in [0.29, 0.717) is 31.5 Å². The molecular weight excluding hydrogens is 388 g/mol. The van der Waals surface area contributed by atoms with E-state index in [-0.39, 0.29) is 0 Å². The molecule has 0 saturated heterocycles. The number of hydrogen-bond acceptors (Lipinski definition) is 4. The first-order valence-electron chi connectivity index (χ1n) is 10.1. The van der Waals surface area contributed by atoms with Crippen molar-refractivity contribution < 1.29 is 9.47 Å². The van der Waals surface area contributed by atoms with Crippen LogP contribution in [-0.2, 0) is 29.0 Å². The van der Waals surface area contributed by atoms with Crippen LogP contribution < -0.4 is 10.6 Å². The summed E-state index contributed by atoms with van der Waals surface area (Å²) in [5, 5.41) is 7.15. The third kappa shape index (κ3) is 9.74. The Morgan fingerprint density at radius 3 is 2.62 bits per heavy atom. The second-order valence-corrected chi connectivity index (χ2v) is 6.82. The van der Waals surface area contributed by atoms with Gasteiger partial charge in [-0.05, 0) is 43.0 Å². The minimum Gasteiger partial charge on any atom is -0.379 e. The first-order chi connectivity index (χ1) is 14.2. The van der Waals surface area contributed by atoms with Gasteiger partial charge in [-0.25, -0.2) is 9.98 Å². The molecule has 0 fully saturated rings. The van der Waals surface area contributed by atoms with E-state index in [1.807, 2.05) is 25.1 Å². The number of pyridine rings is 1. The third-order valence-electron chi connectivity index (χ3n) is 4.09. The molecule has 0 atom stereocenters. The predicted octanol–water partition coefficient (Wildman–Crippen LogP) is 3.59. The highest BCUT2D eigenvalue weighted by Gasteiger charge is 2.01. The van der Waals surface area contributed by atoms with Gasteiger partial charge in [0.15, 0.2) is 5.96 Å². The zero-order valence-corrected chi connectivity index (χ0v) is 18.0. The summed E-state index contributed by atoms with van der Waals surface area (Å²) in [6.45, 7) is 8.75. The summed E-state index contributed by atoms with van der Waals surface area (Å²) in [6, 6.07) is 12.1. The average Bonchev–Trinajstić information content (AvgIpc) is 2.73. The van der Waals surface area contributed by atoms with E-state index in [0.717, 1.165) is 48.8 Å². The van der Waals surface area contributed by atoms with Crippen molar-refractivity contribution in [3.8, 4) is 0 Å². The topological polar surface area (TPSA) is 67.8 Å². The van der Waals surface area contributed by atoms with E-state index in [1.54, 1.807) is 6.20 Å². The molecule has 0 bridgehead atoms. The summed E-state index contributed by atoms with van der Waals surface area (Å²) < 4.78 is 10.9. The Kier molecular flexibility index (Phi) is 11.1. The molecule has 1 aromatic heterocycles. The molecule has 0 saturated carbocycles. The van der Waals surface area contributed by atoms with Crippen LogP contribution in [0.4, 0.5) is 0 Å². The molecule has 2 N–H and O–H groups in total. The smallest absolute Gasteiger partial charge is 0.191 e. The summed E-state index contributed by atoms with van der Waals surface area (Å²) in [5.41, 5.74) is 3.42. The van der Waals surface area contributed by atoms with Crippen molar-refractivity contribution in [3.05, 3.63) is 64.4 Å². The Bertz CT molecular complexity index is 738. The number of hydrogen-bond donors (Lipinski definition) is 2. The van der Waals surface area contributed by atoms with Crippen molar-refractivity contribution in [1.29, 1.82) is 0 Å². The molecule has 7 heteroatoms. The van der Waals surface area contributed by atoms with Crippen LogP contribution in [0.15, 0.2) is 47.6 Å². The maximum absolute atomic E-state index is 5.83. The normalized spacial score (nSPS) is 11.5. The Morgan fingerprint density at radius 2 is 1.86 bits per heavy atom. The number of aliphatic imine (C=N–C) groups is 1. The lowest BCUT2D eigenvalue weighted by molar-refractivity contribution is 0.0453. The van der Waals surface area contributed by atoms with E-state index in [4.69, 9.17) is 21.1 Å². The van der Waals surface area contributed by atoms with Gasteiger partial charge in [-0.1, -0.05) is 41.9 Å². The maximum Gasteiger partial charge on any atom is 0.191 e. The molecule has 0 unspecified atom stereocenters. The second kappa shape index (κ2) is 13.9. The van der Waals surface area contributed by atoms with E-state index in [1.165, 1.54) is 0 Å². The number of benzene rings is 1. The Balaban J connectivity index is 1.82. The van der Waals surface area contributed by atoms with Crippen LogP contribution in [0.2, 0.25) is 5.15 Å². The summed E-state index contributed by atoms with van der Waals surface area (Å²) >= 11 is 5.83. The van der Waals surface area contributed by atoms with Crippen LogP contribution in [0.1, 0.15) is 30.5 Å². The molecule has 0 amide bonds. The first kappa shape index (κ1) is 23.1. The van der Waals surface area contributed by atoms with Gasteiger partial charge in [0.1, 0.15) is 5.15 Å². The SMILES string of the molecule is CCNC(=NCc1cccc(COCCOCC)c1)NCCc1ccc(Cl)nc1. The lowest BCUT2D eigenvalue weighted by Gasteiger charge is -2.11. The minimum atomic E-state index is 0.513. The van der Waals surface area contributed by atoms with E-state index >= 15 is 0 Å². The number of nitrogens with one attached hydrogen (secondary N) is 2. The zero-order valence-electron chi connectivity index (χ0n) is 17.3. The monoisotopic (exact) mass is 418 g/mol. The molecular formula is C22H31ClN4O2. The van der Waals surface area contributed by atoms with Crippen molar-refractivity contribution >= 4 is 17.6 Å². The first-order valence-corrected chi connectivity index (χ1v) is 10.4. The quantitative estimate of drug-likeness (QED) is 0.238. The van der Waals surface area contributed by atoms with E-state index < -0.39 is 0 Å². The number of ether oxygens (including phenoxy) is 2. The third-order valence-corrected chi connectivity index (χ3v) is 4.32. The second-order valence-electron chi connectivity index (χ2n) is 6.43. The summed E-state index contributed by atoms with van der Waals surface area (Å²) in [4.78, 5) is 8.80. The largest absolute Gasteiger partial charge is 0.379 e. The fourth-order valence-electron chi connectivity index (χ4n) is 2.66. The van der Waals surface area contributed by atoms with Crippen molar-refractivity contribution in [2.45, 2.75) is 33.4 Å². The average molecular weight is 419 g/mol. The van der Waals surface area contributed by atoms with Gasteiger partial charge in [-0.3, -0.25) is 0 Å². The predicted molar refractivity (Wildman–Crippen MR) is 118 cm³/mol. The van der Waals surface area contributed by atoms with Gasteiger partial charge in [0, 0.05) is 25.9 Å². The van der Waals surface area contributed by atoms with Gasteiger partial charge in [-0.2, -0.15) is 0 Å². The van der Waals surface area contributed by atoms with Gasteiger partial charge in [-0.15, -0.1) is 0 Å². The van der Waals surface area contributed by atoms with Gasteiger partial charge in [0.2, 0.25) is 0 Å². The van der Waals surface area contributed by atoms with Crippen LogP contribution in [0.25, 0.3) is 0 Å². The molecule has 0 radical (unpaired) electrons. The fraction of sp³-hybridized carbons (Fsp3) is 0.455. The van der Waals surface area contributed by atoms with Gasteiger partial charge < -0.3 is 20.1 Å². The number of rotatable bonds is 12. The highest BCUT2D eigenvalue weighted by molar-refractivity contribution is 6.29. The molecule has 2 rings (SSSR count). The number of halogens is 1. The van der Waals surface area contributed by atoms with Crippen LogP contribution in [0.5, 0.6) is 0 Å². The summed E-state index contributed by atoms with van der Waals surface area (Å²) in [6.07, 6.45) is 2.65. The van der Waals surface area contributed by atoms with Gasteiger partial charge >= 0.3 is 0 Å². The van der Waals surface area contributed by atoms with Gasteiger partial charge in [0.05, 0.1) is 26.4 Å². The highest BCUT2D eigenvalue weighted by Crippen LogP contribution is 2.08. The lowest BCUT2D eigenvalue weighted by atomic mass is 10.1. The number of nitrogens with zero attached hydrogens (tertiary/aromatic N) is 2. The minimum absolute atomic E-state index is 0.513. The van der Waals surface area contributed by atoms with Crippen LogP contribution in [0.3, 0.4) is 0 Å². The Morgan fingerprint density at radius 1 is 1.03 bits per heavy atom. The van der Waals surface area contributed by atoms with Crippen molar-refractivity contribution in [1.82, 2.24) is 15.6 Å². The Labute approximate surface area is 178 Å². The summed E-state index contributed by atoms with van der Waals surface area (Å²) in [7, 11) is 0. The number of aromatic nitrogens is 1. The van der Waals surface area contributed by atoms with Crippen LogP contribution >= 0.6 is 11.6 Å². The molecule has 0 aliphatic heterocycles. The van der Waals surface area contributed by atoms with E-state index in [9.17, 15) is 0 Å². The zero-order chi connectivity index (χ0) is 20.7. The summed E-state index contributed by atoms with van der Waals surface area (Å²) in [5.74, 6) is 0.799. The van der Waals surface area contributed by atoms with Crippen molar-refractivity contribution in [2.75, 3.05) is 32.9 Å². The molecule has 29 heavy (non-hydrogen) atoms. The van der Waals surface area contributed by atoms with Crippen molar-refractivity contribution in [2.24, 2.45) is 4.99 Å². The maximum atomic E-state index is 5.83. The molecule has 158 valence electrons. The van der Waals surface area contributed by atoms with E-state index in [2.05, 4.69) is 45.7 Å². The van der Waals surface area contributed by atoms with Crippen LogP contribution in [0, 0.1) is 0 Å². The standard InChI is InChI=1S/C22H31ClN4O2/c1-3-24-22(25-11-10-18-8-9-21(23)26-15-18)27-16-19-6-5-7-20(14-19)17-29-13-12-28-4-2/h5-9,14-15H,3-4,10-13,16-17H2,1-2H3,(H2,24,25,27).